The summed E-state index contributed by atoms with van der Waals surface area (Å²) in [6.45, 7) is 5.46. The van der Waals surface area contributed by atoms with E-state index in [1.54, 1.807) is 31.2 Å². The molecule has 1 unspecified atom stereocenters. The number of benzene rings is 2. The van der Waals surface area contributed by atoms with Gasteiger partial charge < -0.3 is 15.7 Å². The Bertz CT molecular complexity index is 1680. The third-order valence-electron chi connectivity index (χ3n) is 8.07. The summed E-state index contributed by atoms with van der Waals surface area (Å²) in [4.78, 5) is 53.8. The number of carbonyl (C=O) groups excluding carboxylic acids is 2. The van der Waals surface area contributed by atoms with Crippen LogP contribution in [0.3, 0.4) is 0 Å². The zero-order valence-corrected chi connectivity index (χ0v) is 24.8. The molecule has 4 N–H and O–H groups in total. The fourth-order valence-corrected chi connectivity index (χ4v) is 5.70. The predicted molar refractivity (Wildman–Crippen MR) is 158 cm³/mol. The van der Waals surface area contributed by atoms with Crippen molar-refractivity contribution >= 4 is 29.8 Å². The molecule has 0 aliphatic carbocycles. The van der Waals surface area contributed by atoms with Crippen molar-refractivity contribution in [2.45, 2.75) is 64.5 Å². The molecule has 14 heteroatoms. The molecule has 0 saturated heterocycles. The van der Waals surface area contributed by atoms with Crippen LogP contribution in [0.15, 0.2) is 59.7 Å². The van der Waals surface area contributed by atoms with Gasteiger partial charge in [0.2, 0.25) is 5.95 Å². The molecular weight excluding hydrogens is 591 g/mol. The molecule has 2 atom stereocenters. The highest BCUT2D eigenvalue weighted by Gasteiger charge is 2.50. The molecule has 0 spiro atoms. The van der Waals surface area contributed by atoms with Crippen LogP contribution in [-0.2, 0) is 29.6 Å². The van der Waals surface area contributed by atoms with Crippen molar-refractivity contribution in [3.05, 3.63) is 88.2 Å². The first kappa shape index (κ1) is 31.4. The SMILES string of the molecule is CC(C)CC[C@]1(c2ccccc2)N=C(N)N(C(C)c2ccc(C(F)(F)F)c(C(=O)N3Cc4cnc(NC(=O)O)nc4C3)c2)C1=O. The first-order valence-corrected chi connectivity index (χ1v) is 14.3. The normalized spacial score (nSPS) is 18.6. The number of rotatable bonds is 8. The van der Waals surface area contributed by atoms with Gasteiger partial charge in [-0.05, 0) is 48.9 Å². The number of halogens is 3. The summed E-state index contributed by atoms with van der Waals surface area (Å²) in [5.41, 5.74) is 5.04. The summed E-state index contributed by atoms with van der Waals surface area (Å²) < 4.78 is 42.5. The molecule has 1 aromatic heterocycles. The van der Waals surface area contributed by atoms with Crippen LogP contribution < -0.4 is 11.1 Å². The minimum atomic E-state index is -4.85. The first-order valence-electron chi connectivity index (χ1n) is 14.3. The van der Waals surface area contributed by atoms with Gasteiger partial charge in [-0.1, -0.05) is 50.2 Å². The van der Waals surface area contributed by atoms with Crippen LogP contribution in [0.2, 0.25) is 0 Å². The molecule has 2 aromatic carbocycles. The van der Waals surface area contributed by atoms with Crippen LogP contribution in [0.25, 0.3) is 0 Å². The van der Waals surface area contributed by atoms with Gasteiger partial charge in [-0.25, -0.2) is 19.8 Å². The number of guanidine groups is 1. The molecule has 3 amide bonds. The number of alkyl halides is 3. The number of carboxylic acid groups (broad SMARTS) is 1. The fourth-order valence-electron chi connectivity index (χ4n) is 5.70. The van der Waals surface area contributed by atoms with Gasteiger partial charge in [-0.3, -0.25) is 19.8 Å². The Kier molecular flexibility index (Phi) is 8.25. The van der Waals surface area contributed by atoms with E-state index in [4.69, 9.17) is 10.8 Å². The topological polar surface area (TPSA) is 154 Å². The van der Waals surface area contributed by atoms with E-state index < -0.39 is 46.8 Å². The van der Waals surface area contributed by atoms with Crippen LogP contribution in [0.1, 0.15) is 78.0 Å². The monoisotopic (exact) mass is 623 g/mol. The highest BCUT2D eigenvalue weighted by atomic mass is 19.4. The number of nitrogens with zero attached hydrogens (tertiary/aromatic N) is 5. The maximum absolute atomic E-state index is 14.2. The number of aliphatic imine (C=N–C) groups is 1. The van der Waals surface area contributed by atoms with E-state index >= 15 is 0 Å². The van der Waals surface area contributed by atoms with Crippen LogP contribution in [0.5, 0.6) is 0 Å². The molecular formula is C31H32F3N7O4. The lowest BCUT2D eigenvalue weighted by Crippen LogP contribution is -2.44. The van der Waals surface area contributed by atoms with Crippen molar-refractivity contribution in [1.29, 1.82) is 0 Å². The first-order chi connectivity index (χ1) is 21.2. The zero-order valence-electron chi connectivity index (χ0n) is 24.8. The second-order valence-corrected chi connectivity index (χ2v) is 11.5. The number of nitrogens with one attached hydrogen (secondary N) is 1. The maximum atomic E-state index is 14.2. The third kappa shape index (κ3) is 6.04. The highest BCUT2D eigenvalue weighted by Crippen LogP contribution is 2.42. The van der Waals surface area contributed by atoms with Gasteiger partial charge in [0.15, 0.2) is 11.5 Å². The number of amides is 3. The lowest BCUT2D eigenvalue weighted by molar-refractivity contribution is -0.138. The van der Waals surface area contributed by atoms with E-state index in [1.165, 1.54) is 22.1 Å². The molecule has 2 aliphatic rings. The largest absolute Gasteiger partial charge is 0.465 e. The Hall–Kier alpha value is -5.01. The van der Waals surface area contributed by atoms with Crippen molar-refractivity contribution in [2.24, 2.45) is 16.6 Å². The summed E-state index contributed by atoms with van der Waals surface area (Å²) in [6, 6.07) is 11.4. The van der Waals surface area contributed by atoms with Gasteiger partial charge in [-0.15, -0.1) is 0 Å². The maximum Gasteiger partial charge on any atom is 0.417 e. The van der Waals surface area contributed by atoms with Gasteiger partial charge in [0.1, 0.15) is 0 Å². The van der Waals surface area contributed by atoms with Crippen molar-refractivity contribution < 1.29 is 32.7 Å². The minimum absolute atomic E-state index is 0.0628. The Morgan fingerprint density at radius 1 is 1.11 bits per heavy atom. The van der Waals surface area contributed by atoms with Gasteiger partial charge in [0, 0.05) is 18.3 Å². The molecule has 0 saturated carbocycles. The second kappa shape index (κ2) is 11.8. The molecule has 3 aromatic rings. The summed E-state index contributed by atoms with van der Waals surface area (Å²) in [5.74, 6) is -1.31. The Morgan fingerprint density at radius 3 is 2.47 bits per heavy atom. The van der Waals surface area contributed by atoms with E-state index in [1.807, 2.05) is 25.2 Å². The third-order valence-corrected chi connectivity index (χ3v) is 8.07. The van der Waals surface area contributed by atoms with Crippen molar-refractivity contribution in [3.63, 3.8) is 0 Å². The number of fused-ring (bicyclic) bond motifs is 1. The van der Waals surface area contributed by atoms with Crippen molar-refractivity contribution in [2.75, 3.05) is 5.32 Å². The number of hydrogen-bond acceptors (Lipinski definition) is 7. The zero-order chi connectivity index (χ0) is 32.7. The Balaban J connectivity index is 1.47. The summed E-state index contributed by atoms with van der Waals surface area (Å²) >= 11 is 0. The second-order valence-electron chi connectivity index (χ2n) is 11.5. The van der Waals surface area contributed by atoms with Crippen LogP contribution in [0, 0.1) is 5.92 Å². The molecule has 0 radical (unpaired) electrons. The van der Waals surface area contributed by atoms with E-state index in [0.717, 1.165) is 12.1 Å². The van der Waals surface area contributed by atoms with E-state index in [0.29, 0.717) is 29.7 Å². The molecule has 0 fully saturated rings. The number of anilines is 1. The van der Waals surface area contributed by atoms with E-state index in [-0.39, 0.29) is 36.5 Å². The molecule has 3 heterocycles. The number of hydrogen-bond donors (Lipinski definition) is 3. The highest BCUT2D eigenvalue weighted by molar-refractivity contribution is 6.07. The average Bonchev–Trinajstić information content (AvgIpc) is 3.52. The molecule has 11 nitrogen and oxygen atoms in total. The molecule has 5 rings (SSSR count). The summed E-state index contributed by atoms with van der Waals surface area (Å²) in [6.07, 6.45) is -3.85. The molecule has 45 heavy (non-hydrogen) atoms. The van der Waals surface area contributed by atoms with Crippen LogP contribution >= 0.6 is 0 Å². The average molecular weight is 624 g/mol. The number of nitrogens with two attached hydrogens (primary N) is 1. The molecule has 0 bridgehead atoms. The van der Waals surface area contributed by atoms with E-state index in [2.05, 4.69) is 15.0 Å². The fraction of sp³-hybridized carbons (Fsp3) is 0.355. The number of aromatic nitrogens is 2. The van der Waals surface area contributed by atoms with Gasteiger partial charge in [0.05, 0.1) is 29.4 Å². The lowest BCUT2D eigenvalue weighted by Gasteiger charge is -2.30. The molecule has 2 aliphatic heterocycles. The van der Waals surface area contributed by atoms with Gasteiger partial charge in [0.25, 0.3) is 11.8 Å². The predicted octanol–water partition coefficient (Wildman–Crippen LogP) is 5.29. The van der Waals surface area contributed by atoms with Crippen LogP contribution in [0.4, 0.5) is 23.9 Å². The van der Waals surface area contributed by atoms with E-state index in [9.17, 15) is 27.6 Å². The Morgan fingerprint density at radius 2 is 1.82 bits per heavy atom. The van der Waals surface area contributed by atoms with Crippen molar-refractivity contribution in [3.8, 4) is 0 Å². The minimum Gasteiger partial charge on any atom is -0.465 e. The molecule has 236 valence electrons. The lowest BCUT2D eigenvalue weighted by atomic mass is 9.83. The van der Waals surface area contributed by atoms with Gasteiger partial charge in [-0.2, -0.15) is 13.2 Å². The summed E-state index contributed by atoms with van der Waals surface area (Å²) in [7, 11) is 0. The van der Waals surface area contributed by atoms with Crippen molar-refractivity contribution in [1.82, 2.24) is 19.8 Å². The quantitative estimate of drug-likeness (QED) is 0.308. The Labute approximate surface area is 257 Å². The van der Waals surface area contributed by atoms with Crippen LogP contribution in [-0.4, -0.2) is 48.7 Å². The smallest absolute Gasteiger partial charge is 0.417 e. The standard InChI is InChI=1S/C31H32F3N7O4/c1-17(2)11-12-30(21-7-5-4-6-8-21)26(43)41(27(35)39-30)18(3)19-9-10-23(31(32,33)34)22(13-19)25(42)40-15-20-14-36-28(38-29(44)45)37-24(20)16-40/h4-10,13-14,17-18H,11-12,15-16H2,1-3H3,(H2,35,39)(H,44,45)(H,36,37,38)/t18?,30-/m1/s1. The van der Waals surface area contributed by atoms with Gasteiger partial charge >= 0.3 is 12.3 Å². The number of carbonyl (C=O) groups is 3. The summed E-state index contributed by atoms with van der Waals surface area (Å²) in [5, 5.41) is 10.9.